The van der Waals surface area contributed by atoms with Crippen LogP contribution in [0.25, 0.3) is 10.8 Å². The van der Waals surface area contributed by atoms with Crippen molar-refractivity contribution in [3.8, 4) is 0 Å². The van der Waals surface area contributed by atoms with Gasteiger partial charge in [-0.3, -0.25) is 0 Å². The molecule has 0 amide bonds. The highest BCUT2D eigenvalue weighted by Gasteiger charge is 1.91. The van der Waals surface area contributed by atoms with Crippen molar-refractivity contribution in [2.24, 2.45) is 0 Å². The van der Waals surface area contributed by atoms with Crippen LogP contribution in [0.4, 0.5) is 5.69 Å². The Labute approximate surface area is 153 Å². The molecule has 3 aromatic carbocycles. The second-order valence-corrected chi connectivity index (χ2v) is 6.41. The van der Waals surface area contributed by atoms with E-state index in [9.17, 15) is 0 Å². The fraction of sp³-hybridized carbons (Fsp3) is 0.333. The molecular weight excluding hydrogens is 302 g/mol. The predicted molar refractivity (Wildman–Crippen MR) is 112 cm³/mol. The van der Waals surface area contributed by atoms with Gasteiger partial charge in [-0.05, 0) is 29.3 Å². The zero-order valence-corrected chi connectivity index (χ0v) is 15.5. The van der Waals surface area contributed by atoms with Crippen molar-refractivity contribution in [2.75, 3.05) is 11.9 Å². The summed E-state index contributed by atoms with van der Waals surface area (Å²) in [6, 6.07) is 27.2. The summed E-state index contributed by atoms with van der Waals surface area (Å²) < 4.78 is 0. The molecule has 1 nitrogen and oxygen atoms in total. The maximum absolute atomic E-state index is 3.44. The molecule has 0 radical (unpaired) electrons. The van der Waals surface area contributed by atoms with Gasteiger partial charge < -0.3 is 5.32 Å². The van der Waals surface area contributed by atoms with Crippen LogP contribution in [0.1, 0.15) is 45.4 Å². The molecule has 0 saturated heterocycles. The van der Waals surface area contributed by atoms with E-state index in [4.69, 9.17) is 0 Å². The van der Waals surface area contributed by atoms with Crippen molar-refractivity contribution < 1.29 is 0 Å². The number of rotatable bonds is 8. The third kappa shape index (κ3) is 7.89. The lowest BCUT2D eigenvalue weighted by Crippen LogP contribution is -2.00. The lowest BCUT2D eigenvalue weighted by atomic mass is 10.1. The maximum Gasteiger partial charge on any atom is 0.0340 e. The van der Waals surface area contributed by atoms with Crippen LogP contribution in [0.3, 0.4) is 0 Å². The number of unbranched alkanes of at least 4 members (excludes halogenated alkanes) is 5. The first-order valence-corrected chi connectivity index (χ1v) is 9.63. The molecule has 1 N–H and O–H groups in total. The van der Waals surface area contributed by atoms with Gasteiger partial charge in [0, 0.05) is 12.2 Å². The lowest BCUT2D eigenvalue weighted by molar-refractivity contribution is 0.617. The molecule has 25 heavy (non-hydrogen) atoms. The Morgan fingerprint density at radius 3 is 1.60 bits per heavy atom. The highest BCUT2D eigenvalue weighted by Crippen LogP contribution is 2.11. The van der Waals surface area contributed by atoms with E-state index in [1.807, 2.05) is 0 Å². The molecule has 1 heteroatoms. The molecule has 0 atom stereocenters. The van der Waals surface area contributed by atoms with Gasteiger partial charge in [0.15, 0.2) is 0 Å². The quantitative estimate of drug-likeness (QED) is 0.426. The SMILES string of the molecule is CCCCCCCCNc1ccccc1.c1ccc2ccccc2c1. The van der Waals surface area contributed by atoms with Gasteiger partial charge in [-0.2, -0.15) is 0 Å². The minimum atomic E-state index is 1.11. The number of hydrogen-bond donors (Lipinski definition) is 1. The molecule has 0 saturated carbocycles. The Hall–Kier alpha value is -2.28. The monoisotopic (exact) mass is 333 g/mol. The summed E-state index contributed by atoms with van der Waals surface area (Å²) in [4.78, 5) is 0. The molecule has 0 unspecified atom stereocenters. The van der Waals surface area contributed by atoms with E-state index in [1.165, 1.54) is 55.0 Å². The first kappa shape index (κ1) is 19.1. The van der Waals surface area contributed by atoms with Gasteiger partial charge in [-0.1, -0.05) is 106 Å². The molecule has 0 bridgehead atoms. The van der Waals surface area contributed by atoms with E-state index >= 15 is 0 Å². The number of para-hydroxylation sites is 1. The van der Waals surface area contributed by atoms with E-state index in [2.05, 4.69) is 91.1 Å². The van der Waals surface area contributed by atoms with Crippen LogP contribution in [0.15, 0.2) is 78.9 Å². The van der Waals surface area contributed by atoms with Crippen molar-refractivity contribution in [2.45, 2.75) is 45.4 Å². The first-order valence-electron chi connectivity index (χ1n) is 9.63. The smallest absolute Gasteiger partial charge is 0.0340 e. The van der Waals surface area contributed by atoms with Crippen LogP contribution in [0.2, 0.25) is 0 Å². The second kappa shape index (κ2) is 12.1. The van der Waals surface area contributed by atoms with E-state index in [1.54, 1.807) is 0 Å². The minimum Gasteiger partial charge on any atom is -0.385 e. The molecule has 0 fully saturated rings. The van der Waals surface area contributed by atoms with E-state index in [-0.39, 0.29) is 0 Å². The van der Waals surface area contributed by atoms with Gasteiger partial charge in [0.05, 0.1) is 0 Å². The molecule has 3 aromatic rings. The summed E-state index contributed by atoms with van der Waals surface area (Å²) in [5, 5.41) is 6.06. The zero-order valence-electron chi connectivity index (χ0n) is 15.5. The van der Waals surface area contributed by atoms with Crippen molar-refractivity contribution in [3.05, 3.63) is 78.9 Å². The van der Waals surface area contributed by atoms with Crippen LogP contribution in [-0.2, 0) is 0 Å². The van der Waals surface area contributed by atoms with Crippen molar-refractivity contribution in [1.29, 1.82) is 0 Å². The fourth-order valence-corrected chi connectivity index (χ4v) is 2.83. The van der Waals surface area contributed by atoms with E-state index in [0.29, 0.717) is 0 Å². The first-order chi connectivity index (χ1) is 12.4. The largest absolute Gasteiger partial charge is 0.385 e. The Bertz CT molecular complexity index is 625. The highest BCUT2D eigenvalue weighted by molar-refractivity contribution is 5.81. The standard InChI is InChI=1S/C14H23N.C10H8/c1-2-3-4-5-6-10-13-15-14-11-8-7-9-12-14;1-2-6-10-8-4-3-7-9(10)5-1/h7-9,11-12,15H,2-6,10,13H2,1H3;1-8H. The fourth-order valence-electron chi connectivity index (χ4n) is 2.83. The number of fused-ring (bicyclic) bond motifs is 1. The summed E-state index contributed by atoms with van der Waals surface area (Å²) in [5.74, 6) is 0. The van der Waals surface area contributed by atoms with Gasteiger partial charge in [0.1, 0.15) is 0 Å². The van der Waals surface area contributed by atoms with Gasteiger partial charge in [0.25, 0.3) is 0 Å². The van der Waals surface area contributed by atoms with Crippen LogP contribution in [0.5, 0.6) is 0 Å². The molecule has 132 valence electrons. The van der Waals surface area contributed by atoms with Crippen molar-refractivity contribution in [3.63, 3.8) is 0 Å². The lowest BCUT2D eigenvalue weighted by Gasteiger charge is -2.05. The second-order valence-electron chi connectivity index (χ2n) is 6.41. The normalized spacial score (nSPS) is 10.1. The minimum absolute atomic E-state index is 1.11. The third-order valence-electron chi connectivity index (χ3n) is 4.29. The molecule has 0 aliphatic heterocycles. The number of nitrogens with one attached hydrogen (secondary N) is 1. The Morgan fingerprint density at radius 1 is 0.560 bits per heavy atom. The predicted octanol–water partition coefficient (Wildman–Crippen LogP) is 7.30. The number of anilines is 1. The molecule has 0 heterocycles. The summed E-state index contributed by atoms with van der Waals surface area (Å²) in [5.41, 5.74) is 1.24. The van der Waals surface area contributed by atoms with Crippen LogP contribution < -0.4 is 5.32 Å². The number of benzene rings is 3. The molecule has 3 rings (SSSR count). The van der Waals surface area contributed by atoms with Gasteiger partial charge in [-0.15, -0.1) is 0 Å². The number of hydrogen-bond acceptors (Lipinski definition) is 1. The summed E-state index contributed by atoms with van der Waals surface area (Å²) in [6.45, 7) is 3.37. The van der Waals surface area contributed by atoms with Crippen LogP contribution in [0, 0.1) is 0 Å². The van der Waals surface area contributed by atoms with E-state index < -0.39 is 0 Å². The van der Waals surface area contributed by atoms with Gasteiger partial charge >= 0.3 is 0 Å². The molecule has 0 spiro atoms. The summed E-state index contributed by atoms with van der Waals surface area (Å²) >= 11 is 0. The summed E-state index contributed by atoms with van der Waals surface area (Å²) in [7, 11) is 0. The van der Waals surface area contributed by atoms with Crippen LogP contribution in [-0.4, -0.2) is 6.54 Å². The zero-order chi connectivity index (χ0) is 17.6. The molecule has 0 aliphatic rings. The van der Waals surface area contributed by atoms with Gasteiger partial charge in [-0.25, -0.2) is 0 Å². The third-order valence-corrected chi connectivity index (χ3v) is 4.29. The highest BCUT2D eigenvalue weighted by atomic mass is 14.9. The Balaban J connectivity index is 0.000000194. The molecular formula is C24H31N. The Kier molecular flexibility index (Phi) is 9.25. The average Bonchev–Trinajstić information content (AvgIpc) is 2.69. The summed E-state index contributed by atoms with van der Waals surface area (Å²) in [6.07, 6.45) is 8.18. The topological polar surface area (TPSA) is 12.0 Å². The average molecular weight is 334 g/mol. The van der Waals surface area contributed by atoms with E-state index in [0.717, 1.165) is 6.54 Å². The van der Waals surface area contributed by atoms with Crippen LogP contribution >= 0.6 is 0 Å². The molecule has 0 aromatic heterocycles. The van der Waals surface area contributed by atoms with Crippen molar-refractivity contribution in [1.82, 2.24) is 0 Å². The van der Waals surface area contributed by atoms with Gasteiger partial charge in [0.2, 0.25) is 0 Å². The Morgan fingerprint density at radius 2 is 1.04 bits per heavy atom. The maximum atomic E-state index is 3.44. The molecule has 0 aliphatic carbocycles. The van der Waals surface area contributed by atoms with Crippen molar-refractivity contribution >= 4 is 16.5 Å².